The molecule has 24 heavy (non-hydrogen) atoms. The average molecular weight is 329 g/mol. The normalized spacial score (nSPS) is 18.3. The summed E-state index contributed by atoms with van der Waals surface area (Å²) in [6.45, 7) is 5.32. The van der Waals surface area contributed by atoms with Crippen LogP contribution in [0.4, 0.5) is 4.39 Å². The molecule has 0 radical (unpaired) electrons. The van der Waals surface area contributed by atoms with Gasteiger partial charge in [0.1, 0.15) is 5.82 Å². The Hall–Kier alpha value is -2.47. The Balaban J connectivity index is 1.81. The second kappa shape index (κ2) is 6.97. The van der Waals surface area contributed by atoms with E-state index in [0.717, 1.165) is 17.0 Å². The van der Waals surface area contributed by atoms with Crippen LogP contribution in [0.25, 0.3) is 6.08 Å². The van der Waals surface area contributed by atoms with Crippen molar-refractivity contribution in [1.29, 1.82) is 0 Å². The van der Waals surface area contributed by atoms with E-state index in [2.05, 4.69) is 10.2 Å². The first-order valence-electron chi connectivity index (χ1n) is 7.89. The van der Waals surface area contributed by atoms with Gasteiger partial charge in [0.15, 0.2) is 0 Å². The number of hydrogen-bond acceptors (Lipinski definition) is 3. The van der Waals surface area contributed by atoms with Crippen LogP contribution in [0.15, 0.2) is 30.3 Å². The van der Waals surface area contributed by atoms with Gasteiger partial charge in [-0.1, -0.05) is 12.1 Å². The number of ether oxygens (including phenoxy) is 1. The highest BCUT2D eigenvalue weighted by Gasteiger charge is 2.30. The molecule has 1 amide bonds. The quantitative estimate of drug-likeness (QED) is 0.881. The summed E-state index contributed by atoms with van der Waals surface area (Å²) in [6, 6.07) is 5.98. The fraction of sp³-hybridized carbons (Fsp3) is 0.333. The van der Waals surface area contributed by atoms with Gasteiger partial charge in [0.2, 0.25) is 5.91 Å². The third-order valence-corrected chi connectivity index (χ3v) is 4.20. The van der Waals surface area contributed by atoms with E-state index in [-0.39, 0.29) is 17.8 Å². The molecule has 1 aromatic heterocycles. The minimum absolute atomic E-state index is 0.118. The number of nitrogens with zero attached hydrogens (tertiary/aromatic N) is 2. The largest absolute Gasteiger partial charge is 0.377 e. The van der Waals surface area contributed by atoms with E-state index in [0.29, 0.717) is 25.3 Å². The lowest BCUT2D eigenvalue weighted by Gasteiger charge is -2.35. The Labute approximate surface area is 140 Å². The Bertz CT molecular complexity index is 750. The first-order chi connectivity index (χ1) is 11.6. The Morgan fingerprint density at radius 3 is 3.00 bits per heavy atom. The van der Waals surface area contributed by atoms with Gasteiger partial charge in [-0.15, -0.1) is 0 Å². The second-order valence-corrected chi connectivity index (χ2v) is 5.86. The summed E-state index contributed by atoms with van der Waals surface area (Å²) >= 11 is 0. The zero-order valence-corrected chi connectivity index (χ0v) is 13.8. The van der Waals surface area contributed by atoms with E-state index in [1.807, 2.05) is 13.8 Å². The molecule has 1 aliphatic rings. The van der Waals surface area contributed by atoms with Crippen molar-refractivity contribution in [2.24, 2.45) is 0 Å². The van der Waals surface area contributed by atoms with Crippen molar-refractivity contribution in [3.8, 4) is 0 Å². The Morgan fingerprint density at radius 2 is 2.29 bits per heavy atom. The molecule has 1 fully saturated rings. The van der Waals surface area contributed by atoms with Gasteiger partial charge in [0, 0.05) is 23.9 Å². The number of hydrogen-bond donors (Lipinski definition) is 1. The molecule has 0 bridgehead atoms. The third kappa shape index (κ3) is 3.38. The van der Waals surface area contributed by atoms with Crippen molar-refractivity contribution >= 4 is 12.0 Å². The summed E-state index contributed by atoms with van der Waals surface area (Å²) in [5.41, 5.74) is 3.47. The van der Waals surface area contributed by atoms with Crippen LogP contribution in [0, 0.1) is 19.7 Å². The van der Waals surface area contributed by atoms with E-state index in [9.17, 15) is 9.18 Å². The van der Waals surface area contributed by atoms with Gasteiger partial charge in [0.05, 0.1) is 24.9 Å². The number of amides is 1. The summed E-state index contributed by atoms with van der Waals surface area (Å²) in [5.74, 6) is -0.439. The lowest BCUT2D eigenvalue weighted by molar-refractivity contribution is -0.134. The highest BCUT2D eigenvalue weighted by molar-refractivity contribution is 5.92. The lowest BCUT2D eigenvalue weighted by Crippen LogP contribution is -2.43. The maximum Gasteiger partial charge on any atom is 0.247 e. The molecule has 1 aliphatic heterocycles. The molecule has 0 aliphatic carbocycles. The molecule has 1 saturated heterocycles. The third-order valence-electron chi connectivity index (χ3n) is 4.20. The Kier molecular flexibility index (Phi) is 4.76. The number of morpholine rings is 1. The first kappa shape index (κ1) is 16.4. The van der Waals surface area contributed by atoms with Crippen LogP contribution in [-0.2, 0) is 9.53 Å². The van der Waals surface area contributed by atoms with Gasteiger partial charge in [-0.25, -0.2) is 4.39 Å². The molecule has 1 unspecified atom stereocenters. The van der Waals surface area contributed by atoms with Gasteiger partial charge in [-0.2, -0.15) is 5.10 Å². The van der Waals surface area contributed by atoms with Gasteiger partial charge in [-0.05, 0) is 37.6 Å². The minimum Gasteiger partial charge on any atom is -0.377 e. The van der Waals surface area contributed by atoms with Crippen LogP contribution in [0.3, 0.4) is 0 Å². The van der Waals surface area contributed by atoms with E-state index in [1.54, 1.807) is 23.1 Å². The van der Waals surface area contributed by atoms with Crippen LogP contribution >= 0.6 is 0 Å². The number of aromatic nitrogens is 2. The minimum atomic E-state index is -0.321. The number of rotatable bonds is 3. The second-order valence-electron chi connectivity index (χ2n) is 5.86. The highest BCUT2D eigenvalue weighted by Crippen LogP contribution is 2.28. The number of halogens is 1. The van der Waals surface area contributed by atoms with Crippen molar-refractivity contribution in [3.05, 3.63) is 58.7 Å². The fourth-order valence-electron chi connectivity index (χ4n) is 3.03. The Morgan fingerprint density at radius 1 is 1.46 bits per heavy atom. The topological polar surface area (TPSA) is 58.2 Å². The molecule has 1 aromatic carbocycles. The maximum absolute atomic E-state index is 13.2. The maximum atomic E-state index is 13.2. The molecular weight excluding hydrogens is 309 g/mol. The molecule has 126 valence electrons. The molecule has 0 saturated carbocycles. The van der Waals surface area contributed by atoms with Crippen LogP contribution < -0.4 is 0 Å². The van der Waals surface area contributed by atoms with Crippen molar-refractivity contribution in [3.63, 3.8) is 0 Å². The summed E-state index contributed by atoms with van der Waals surface area (Å²) < 4.78 is 18.8. The molecule has 6 heteroatoms. The molecule has 5 nitrogen and oxygen atoms in total. The zero-order chi connectivity index (χ0) is 17.1. The summed E-state index contributed by atoms with van der Waals surface area (Å²) in [4.78, 5) is 14.4. The fourth-order valence-corrected chi connectivity index (χ4v) is 3.03. The highest BCUT2D eigenvalue weighted by atomic mass is 19.1. The number of nitrogens with one attached hydrogen (secondary N) is 1. The van der Waals surface area contributed by atoms with Crippen LogP contribution in [0.2, 0.25) is 0 Å². The molecule has 3 rings (SSSR count). The van der Waals surface area contributed by atoms with Crippen LogP contribution in [0.1, 0.15) is 28.6 Å². The van der Waals surface area contributed by atoms with Crippen LogP contribution in [-0.4, -0.2) is 40.8 Å². The van der Waals surface area contributed by atoms with Crippen molar-refractivity contribution in [2.75, 3.05) is 19.8 Å². The lowest BCUT2D eigenvalue weighted by atomic mass is 10.0. The summed E-state index contributed by atoms with van der Waals surface area (Å²) in [5, 5.41) is 7.16. The molecule has 2 heterocycles. The van der Waals surface area contributed by atoms with E-state index in [4.69, 9.17) is 4.74 Å². The predicted octanol–water partition coefficient (Wildman–Crippen LogP) is 2.78. The van der Waals surface area contributed by atoms with E-state index < -0.39 is 0 Å². The van der Waals surface area contributed by atoms with Crippen molar-refractivity contribution < 1.29 is 13.9 Å². The molecule has 1 N–H and O–H groups in total. The van der Waals surface area contributed by atoms with Gasteiger partial charge in [-0.3, -0.25) is 9.89 Å². The smallest absolute Gasteiger partial charge is 0.247 e. The molecule has 0 spiro atoms. The zero-order valence-electron chi connectivity index (χ0n) is 13.8. The summed E-state index contributed by atoms with van der Waals surface area (Å²) in [7, 11) is 0. The number of carbonyl (C=O) groups is 1. The van der Waals surface area contributed by atoms with Crippen molar-refractivity contribution in [2.45, 2.75) is 19.9 Å². The number of benzene rings is 1. The van der Waals surface area contributed by atoms with E-state index >= 15 is 0 Å². The van der Waals surface area contributed by atoms with Crippen molar-refractivity contribution in [1.82, 2.24) is 15.1 Å². The number of carbonyl (C=O) groups excluding carboxylic acids is 1. The first-order valence-corrected chi connectivity index (χ1v) is 7.89. The molecule has 2 aromatic rings. The SMILES string of the molecule is Cc1n[nH]c(C)c1C1COCCN1C(=O)/C=C/c1cccc(F)c1. The van der Waals surface area contributed by atoms with Gasteiger partial charge >= 0.3 is 0 Å². The van der Waals surface area contributed by atoms with Gasteiger partial charge < -0.3 is 9.64 Å². The van der Waals surface area contributed by atoms with Gasteiger partial charge in [0.25, 0.3) is 0 Å². The monoisotopic (exact) mass is 329 g/mol. The van der Waals surface area contributed by atoms with Crippen LogP contribution in [0.5, 0.6) is 0 Å². The predicted molar refractivity (Wildman–Crippen MR) is 88.8 cm³/mol. The number of H-pyrrole nitrogens is 1. The number of aryl methyl sites for hydroxylation is 2. The average Bonchev–Trinajstić information content (AvgIpc) is 2.91. The standard InChI is InChI=1S/C18H20FN3O2/c1-12-18(13(2)21-20-12)16-11-24-9-8-22(16)17(23)7-6-14-4-3-5-15(19)10-14/h3-7,10,16H,8-9,11H2,1-2H3,(H,20,21)/b7-6+. The number of aromatic amines is 1. The molecule has 1 atom stereocenters. The summed E-state index contributed by atoms with van der Waals surface area (Å²) in [6.07, 6.45) is 3.12. The van der Waals surface area contributed by atoms with E-state index in [1.165, 1.54) is 18.2 Å². The molecular formula is C18H20FN3O2.